The summed E-state index contributed by atoms with van der Waals surface area (Å²) >= 11 is 19.8. The van der Waals surface area contributed by atoms with Crippen molar-refractivity contribution in [3.8, 4) is 0 Å². The first-order valence-electron chi connectivity index (χ1n) is 10.1. The Morgan fingerprint density at radius 3 is 2.39 bits per heavy atom. The van der Waals surface area contributed by atoms with Gasteiger partial charge in [0.25, 0.3) is 0 Å². The normalized spacial score (nSPS) is 12.8. The van der Waals surface area contributed by atoms with Crippen molar-refractivity contribution in [3.05, 3.63) is 68.7 Å². The molecule has 0 saturated heterocycles. The summed E-state index contributed by atoms with van der Waals surface area (Å²) in [5, 5.41) is 4.51. The van der Waals surface area contributed by atoms with Crippen LogP contribution in [0.3, 0.4) is 0 Å². The van der Waals surface area contributed by atoms with Gasteiger partial charge in [0.15, 0.2) is 0 Å². The van der Waals surface area contributed by atoms with Crippen LogP contribution in [-0.4, -0.2) is 34.6 Å². The van der Waals surface area contributed by atoms with Crippen LogP contribution in [-0.2, 0) is 21.9 Å². The Kier molecular flexibility index (Phi) is 10.5. The van der Waals surface area contributed by atoms with E-state index < -0.39 is 6.04 Å². The summed E-state index contributed by atoms with van der Waals surface area (Å²) in [6, 6.07) is 12.2. The van der Waals surface area contributed by atoms with E-state index in [2.05, 4.69) is 5.32 Å². The molecule has 2 atom stereocenters. The number of carbonyl (C=O) groups excluding carboxylic acids is 2. The van der Waals surface area contributed by atoms with Gasteiger partial charge >= 0.3 is 0 Å². The number of benzene rings is 2. The number of rotatable bonds is 10. The summed E-state index contributed by atoms with van der Waals surface area (Å²) in [6.45, 7) is 5.96. The van der Waals surface area contributed by atoms with Gasteiger partial charge in [-0.3, -0.25) is 9.59 Å². The van der Waals surface area contributed by atoms with E-state index in [1.54, 1.807) is 30.0 Å². The minimum absolute atomic E-state index is 0.0382. The van der Waals surface area contributed by atoms with E-state index in [4.69, 9.17) is 34.8 Å². The lowest BCUT2D eigenvalue weighted by atomic mass is 10.1. The predicted molar refractivity (Wildman–Crippen MR) is 132 cm³/mol. The van der Waals surface area contributed by atoms with Crippen LogP contribution in [0.2, 0.25) is 15.1 Å². The number of carbonyl (C=O) groups is 2. The van der Waals surface area contributed by atoms with Gasteiger partial charge in [0.2, 0.25) is 11.8 Å². The Morgan fingerprint density at radius 1 is 1.03 bits per heavy atom. The number of nitrogens with one attached hydrogen (secondary N) is 1. The molecule has 0 fully saturated rings. The molecule has 0 heterocycles. The fraction of sp³-hybridized carbons (Fsp3) is 0.391. The van der Waals surface area contributed by atoms with Crippen molar-refractivity contribution < 1.29 is 9.59 Å². The fourth-order valence-corrected chi connectivity index (χ4v) is 4.20. The molecule has 2 amide bonds. The quantitative estimate of drug-likeness (QED) is 0.421. The number of nitrogens with zero attached hydrogens (tertiary/aromatic N) is 1. The Labute approximate surface area is 203 Å². The molecule has 4 nitrogen and oxygen atoms in total. The van der Waals surface area contributed by atoms with Gasteiger partial charge in [-0.25, -0.2) is 0 Å². The van der Waals surface area contributed by atoms with Crippen LogP contribution in [0.4, 0.5) is 0 Å². The average molecular weight is 502 g/mol. The molecule has 2 aromatic rings. The summed E-state index contributed by atoms with van der Waals surface area (Å²) in [7, 11) is 0. The minimum Gasteiger partial charge on any atom is -0.352 e. The average Bonchev–Trinajstić information content (AvgIpc) is 2.74. The van der Waals surface area contributed by atoms with Crippen molar-refractivity contribution in [2.24, 2.45) is 0 Å². The summed E-state index contributed by atoms with van der Waals surface area (Å²) in [4.78, 5) is 27.4. The zero-order valence-electron chi connectivity index (χ0n) is 17.8. The summed E-state index contributed by atoms with van der Waals surface area (Å²) < 4.78 is 0. The van der Waals surface area contributed by atoms with E-state index in [0.717, 1.165) is 17.5 Å². The van der Waals surface area contributed by atoms with E-state index in [1.807, 2.05) is 38.1 Å². The van der Waals surface area contributed by atoms with E-state index in [0.29, 0.717) is 20.8 Å². The van der Waals surface area contributed by atoms with Crippen molar-refractivity contribution in [1.82, 2.24) is 10.2 Å². The van der Waals surface area contributed by atoms with Gasteiger partial charge in [-0.1, -0.05) is 66.0 Å². The molecular weight excluding hydrogens is 475 g/mol. The summed E-state index contributed by atoms with van der Waals surface area (Å²) in [6.07, 6.45) is 0.816. The van der Waals surface area contributed by atoms with Crippen LogP contribution in [0.25, 0.3) is 0 Å². The zero-order valence-corrected chi connectivity index (χ0v) is 20.9. The van der Waals surface area contributed by atoms with Gasteiger partial charge in [-0.2, -0.15) is 0 Å². The van der Waals surface area contributed by atoms with E-state index in [1.165, 1.54) is 11.8 Å². The molecule has 0 bridgehead atoms. The Balaban J connectivity index is 2.10. The number of halogens is 3. The van der Waals surface area contributed by atoms with Gasteiger partial charge in [0.05, 0.1) is 15.8 Å². The first-order valence-corrected chi connectivity index (χ1v) is 12.4. The highest BCUT2D eigenvalue weighted by Gasteiger charge is 2.27. The second kappa shape index (κ2) is 12.6. The van der Waals surface area contributed by atoms with Gasteiger partial charge in [-0.15, -0.1) is 11.8 Å². The lowest BCUT2D eigenvalue weighted by Crippen LogP contribution is -2.50. The van der Waals surface area contributed by atoms with Crippen molar-refractivity contribution in [2.75, 3.05) is 5.75 Å². The third kappa shape index (κ3) is 7.90. The maximum absolute atomic E-state index is 13.1. The first kappa shape index (κ1) is 25.9. The Bertz CT molecular complexity index is 910. The molecule has 0 radical (unpaired) electrons. The van der Waals surface area contributed by atoms with Crippen LogP contribution >= 0.6 is 46.6 Å². The van der Waals surface area contributed by atoms with Crippen LogP contribution in [0, 0.1) is 0 Å². The highest BCUT2D eigenvalue weighted by Crippen LogP contribution is 2.25. The van der Waals surface area contributed by atoms with E-state index >= 15 is 0 Å². The van der Waals surface area contributed by atoms with Gasteiger partial charge in [0, 0.05) is 23.4 Å². The molecule has 2 rings (SSSR count). The van der Waals surface area contributed by atoms with E-state index in [9.17, 15) is 9.59 Å². The monoisotopic (exact) mass is 500 g/mol. The molecule has 1 N–H and O–H groups in total. The molecule has 0 saturated carbocycles. The smallest absolute Gasteiger partial charge is 0.242 e. The Morgan fingerprint density at radius 2 is 1.74 bits per heavy atom. The second-order valence-corrected chi connectivity index (χ2v) is 9.56. The minimum atomic E-state index is -0.622. The molecule has 2 aromatic carbocycles. The fourth-order valence-electron chi connectivity index (χ4n) is 2.83. The molecule has 0 spiro atoms. The van der Waals surface area contributed by atoms with Gasteiger partial charge in [0.1, 0.15) is 6.04 Å². The number of hydrogen-bond acceptors (Lipinski definition) is 3. The highest BCUT2D eigenvalue weighted by molar-refractivity contribution is 7.99. The number of hydrogen-bond donors (Lipinski definition) is 1. The highest BCUT2D eigenvalue weighted by atomic mass is 35.5. The first-order chi connectivity index (χ1) is 14.7. The van der Waals surface area contributed by atoms with Gasteiger partial charge in [-0.05, 0) is 49.6 Å². The molecule has 168 valence electrons. The standard InChI is InChI=1S/C23H27Cl3N2O2S/c1-4-15(2)27-23(30)16(3)28(12-18-7-5-6-8-19(18)24)22(29)14-31-13-17-9-10-20(25)21(26)11-17/h5-11,15-16H,4,12-14H2,1-3H3,(H,27,30)/t15-,16-/m0/s1. The summed E-state index contributed by atoms with van der Waals surface area (Å²) in [5.74, 6) is 0.530. The van der Waals surface area contributed by atoms with Gasteiger partial charge < -0.3 is 10.2 Å². The lowest BCUT2D eigenvalue weighted by molar-refractivity contribution is -0.138. The van der Waals surface area contributed by atoms with Crippen molar-refractivity contribution in [2.45, 2.75) is 51.6 Å². The SMILES string of the molecule is CC[C@H](C)NC(=O)[C@H](C)N(Cc1ccccc1Cl)C(=O)CSCc1ccc(Cl)c(Cl)c1. The van der Waals surface area contributed by atoms with Crippen LogP contribution in [0.5, 0.6) is 0 Å². The maximum atomic E-state index is 13.1. The third-order valence-electron chi connectivity index (χ3n) is 4.95. The molecule has 0 unspecified atom stereocenters. The third-order valence-corrected chi connectivity index (χ3v) is 7.04. The maximum Gasteiger partial charge on any atom is 0.242 e. The van der Waals surface area contributed by atoms with Crippen molar-refractivity contribution in [3.63, 3.8) is 0 Å². The van der Waals surface area contributed by atoms with Crippen molar-refractivity contribution in [1.29, 1.82) is 0 Å². The summed E-state index contributed by atoms with van der Waals surface area (Å²) in [5.41, 5.74) is 1.78. The molecule has 0 aliphatic heterocycles. The molecule has 0 aliphatic carbocycles. The van der Waals surface area contributed by atoms with Crippen LogP contribution in [0.15, 0.2) is 42.5 Å². The molecular formula is C23H27Cl3N2O2S. The Hall–Kier alpha value is -1.40. The van der Waals surface area contributed by atoms with Crippen LogP contribution < -0.4 is 5.32 Å². The molecule has 0 aromatic heterocycles. The second-order valence-electron chi connectivity index (χ2n) is 7.35. The van der Waals surface area contributed by atoms with Crippen LogP contribution in [0.1, 0.15) is 38.3 Å². The van der Waals surface area contributed by atoms with E-state index in [-0.39, 0.29) is 30.2 Å². The molecule has 31 heavy (non-hydrogen) atoms. The topological polar surface area (TPSA) is 49.4 Å². The zero-order chi connectivity index (χ0) is 23.0. The molecule has 8 heteroatoms. The van der Waals surface area contributed by atoms with Crippen molar-refractivity contribution >= 4 is 58.4 Å². The number of amides is 2. The predicted octanol–water partition coefficient (Wildman–Crippen LogP) is 6.21. The largest absolute Gasteiger partial charge is 0.352 e. The molecule has 0 aliphatic rings. The lowest BCUT2D eigenvalue weighted by Gasteiger charge is -2.30. The number of thioether (sulfide) groups is 1.